The highest BCUT2D eigenvalue weighted by atomic mass is 32.1. The van der Waals surface area contributed by atoms with E-state index in [1.165, 1.54) is 6.20 Å². The summed E-state index contributed by atoms with van der Waals surface area (Å²) in [5.74, 6) is -0.855. The van der Waals surface area contributed by atoms with E-state index in [0.29, 0.717) is 25.2 Å². The molecule has 1 saturated heterocycles. The number of thiazole rings is 1. The number of carboxylic acids is 1. The van der Waals surface area contributed by atoms with Crippen LogP contribution in [0.2, 0.25) is 0 Å². The summed E-state index contributed by atoms with van der Waals surface area (Å²) in [5, 5.41) is 16.4. The minimum Gasteiger partial charge on any atom is -0.478 e. The maximum atomic E-state index is 12.6. The van der Waals surface area contributed by atoms with Crippen LogP contribution in [0.15, 0.2) is 11.6 Å². The zero-order valence-corrected chi connectivity index (χ0v) is 17.0. The second-order valence-electron chi connectivity index (χ2n) is 8.08. The zero-order chi connectivity index (χ0) is 19.8. The van der Waals surface area contributed by atoms with Crippen molar-refractivity contribution in [2.75, 3.05) is 13.1 Å². The van der Waals surface area contributed by atoms with Crippen molar-refractivity contribution >= 4 is 23.2 Å². The summed E-state index contributed by atoms with van der Waals surface area (Å²) in [6.07, 6.45) is 3.29. The topological polar surface area (TPSA) is 88.3 Å². The van der Waals surface area contributed by atoms with Gasteiger partial charge in [-0.25, -0.2) is 9.78 Å². The van der Waals surface area contributed by atoms with Crippen molar-refractivity contribution < 1.29 is 14.7 Å². The van der Waals surface area contributed by atoms with Gasteiger partial charge in [0.15, 0.2) is 0 Å². The molecule has 146 valence electrons. The Hall–Kier alpha value is -2.22. The number of hydrogen-bond acceptors (Lipinski definition) is 5. The van der Waals surface area contributed by atoms with Crippen LogP contribution >= 0.6 is 11.3 Å². The summed E-state index contributed by atoms with van der Waals surface area (Å²) >= 11 is 1.61. The molecule has 0 radical (unpaired) electrons. The number of aromatic carboxylic acids is 1. The molecular formula is C19H26N4O3S. The second-order valence-corrected chi connectivity index (χ2v) is 8.93. The normalized spacial score (nSPS) is 15.9. The Bertz CT molecular complexity index is 842. The van der Waals surface area contributed by atoms with Crippen molar-refractivity contribution in [3.05, 3.63) is 33.5 Å². The summed E-state index contributed by atoms with van der Waals surface area (Å²) < 4.78 is 1.79. The number of likely N-dealkylation sites (tertiary alicyclic amines) is 1. The van der Waals surface area contributed by atoms with Crippen LogP contribution < -0.4 is 0 Å². The highest BCUT2D eigenvalue weighted by Gasteiger charge is 2.27. The summed E-state index contributed by atoms with van der Waals surface area (Å²) in [5.41, 5.74) is 1.75. The standard InChI is InChI=1S/C19H26N4O3S/c1-12-15(17(25)26)10-20-23(12)14-5-7-22(8-6-14)16(24)9-13-11-27-18(21-13)19(2,3)4/h10-11,14H,5-9H2,1-4H3,(H,25,26). The van der Waals surface area contributed by atoms with Gasteiger partial charge in [-0.05, 0) is 19.8 Å². The van der Waals surface area contributed by atoms with Crippen LogP contribution in [0.4, 0.5) is 0 Å². The molecule has 0 aromatic carbocycles. The van der Waals surface area contributed by atoms with Crippen LogP contribution in [0.3, 0.4) is 0 Å². The van der Waals surface area contributed by atoms with Gasteiger partial charge in [-0.3, -0.25) is 9.48 Å². The molecule has 1 aliphatic heterocycles. The van der Waals surface area contributed by atoms with E-state index in [1.807, 2.05) is 10.3 Å². The lowest BCUT2D eigenvalue weighted by molar-refractivity contribution is -0.131. The molecule has 2 aromatic rings. The van der Waals surface area contributed by atoms with Crippen molar-refractivity contribution in [3.63, 3.8) is 0 Å². The predicted octanol–water partition coefficient (Wildman–Crippen LogP) is 3.05. The molecule has 0 saturated carbocycles. The lowest BCUT2D eigenvalue weighted by atomic mass is 9.98. The fourth-order valence-electron chi connectivity index (χ4n) is 3.36. The maximum Gasteiger partial charge on any atom is 0.339 e. The predicted molar refractivity (Wildman–Crippen MR) is 103 cm³/mol. The van der Waals surface area contributed by atoms with Crippen LogP contribution in [-0.2, 0) is 16.6 Å². The van der Waals surface area contributed by atoms with Crippen LogP contribution in [0, 0.1) is 6.92 Å². The first-order chi connectivity index (χ1) is 12.7. The van der Waals surface area contributed by atoms with Gasteiger partial charge in [0.25, 0.3) is 0 Å². The molecule has 2 aromatic heterocycles. The summed E-state index contributed by atoms with van der Waals surface area (Å²) in [4.78, 5) is 30.3. The molecule has 27 heavy (non-hydrogen) atoms. The first kappa shape index (κ1) is 19.5. The molecule has 0 atom stereocenters. The van der Waals surface area contributed by atoms with Crippen LogP contribution in [0.1, 0.15) is 66.4 Å². The summed E-state index contributed by atoms with van der Waals surface area (Å²) in [6.45, 7) is 9.45. The molecule has 1 aliphatic rings. The largest absolute Gasteiger partial charge is 0.478 e. The molecule has 1 N–H and O–H groups in total. The van der Waals surface area contributed by atoms with Crippen molar-refractivity contribution in [2.45, 2.75) is 58.4 Å². The molecule has 1 amide bonds. The zero-order valence-electron chi connectivity index (χ0n) is 16.2. The SMILES string of the molecule is Cc1c(C(=O)O)cnn1C1CCN(C(=O)Cc2csc(C(C)(C)C)n2)CC1. The average Bonchev–Trinajstić information content (AvgIpc) is 3.21. The molecule has 0 aliphatic carbocycles. The van der Waals surface area contributed by atoms with Gasteiger partial charge in [0.2, 0.25) is 5.91 Å². The molecule has 0 unspecified atom stereocenters. The second kappa shape index (κ2) is 7.42. The smallest absolute Gasteiger partial charge is 0.339 e. The highest BCUT2D eigenvalue weighted by molar-refractivity contribution is 7.09. The first-order valence-electron chi connectivity index (χ1n) is 9.17. The van der Waals surface area contributed by atoms with Gasteiger partial charge in [0, 0.05) is 23.9 Å². The lowest BCUT2D eigenvalue weighted by Crippen LogP contribution is -2.40. The van der Waals surface area contributed by atoms with Crippen molar-refractivity contribution in [2.24, 2.45) is 0 Å². The number of nitrogens with zero attached hydrogens (tertiary/aromatic N) is 4. The summed E-state index contributed by atoms with van der Waals surface area (Å²) in [7, 11) is 0. The molecule has 0 bridgehead atoms. The minimum atomic E-state index is -0.954. The van der Waals surface area contributed by atoms with E-state index in [4.69, 9.17) is 0 Å². The van der Waals surface area contributed by atoms with E-state index in [-0.39, 0.29) is 22.9 Å². The fourth-order valence-corrected chi connectivity index (χ4v) is 4.27. The Kier molecular flexibility index (Phi) is 5.37. The highest BCUT2D eigenvalue weighted by Crippen LogP contribution is 2.27. The molecular weight excluding hydrogens is 364 g/mol. The summed E-state index contributed by atoms with van der Waals surface area (Å²) in [6, 6.07) is 0.133. The Morgan fingerprint density at radius 3 is 2.48 bits per heavy atom. The van der Waals surface area contributed by atoms with E-state index in [2.05, 4.69) is 30.9 Å². The third-order valence-electron chi connectivity index (χ3n) is 4.96. The maximum absolute atomic E-state index is 12.6. The number of carbonyl (C=O) groups excluding carboxylic acids is 1. The van der Waals surface area contributed by atoms with E-state index in [9.17, 15) is 14.7 Å². The number of aromatic nitrogens is 3. The van der Waals surface area contributed by atoms with Gasteiger partial charge in [-0.1, -0.05) is 20.8 Å². The Morgan fingerprint density at radius 1 is 1.30 bits per heavy atom. The fraction of sp³-hybridized carbons (Fsp3) is 0.579. The van der Waals surface area contributed by atoms with Crippen molar-refractivity contribution in [3.8, 4) is 0 Å². The van der Waals surface area contributed by atoms with E-state index >= 15 is 0 Å². The molecule has 7 nitrogen and oxygen atoms in total. The van der Waals surface area contributed by atoms with Gasteiger partial charge >= 0.3 is 5.97 Å². The van der Waals surface area contributed by atoms with E-state index < -0.39 is 5.97 Å². The third kappa shape index (κ3) is 4.21. The van der Waals surface area contributed by atoms with E-state index in [0.717, 1.165) is 23.5 Å². The number of carbonyl (C=O) groups is 2. The quantitative estimate of drug-likeness (QED) is 0.867. The number of piperidine rings is 1. The van der Waals surface area contributed by atoms with E-state index in [1.54, 1.807) is 22.9 Å². The molecule has 3 heterocycles. The van der Waals surface area contributed by atoms with Crippen LogP contribution in [0.25, 0.3) is 0 Å². The average molecular weight is 391 g/mol. The molecule has 8 heteroatoms. The van der Waals surface area contributed by atoms with Crippen molar-refractivity contribution in [1.29, 1.82) is 0 Å². The van der Waals surface area contributed by atoms with Gasteiger partial charge in [0.05, 0.1) is 35.1 Å². The van der Waals surface area contributed by atoms with Gasteiger partial charge in [-0.2, -0.15) is 5.10 Å². The number of amides is 1. The van der Waals surface area contributed by atoms with Gasteiger partial charge < -0.3 is 10.0 Å². The van der Waals surface area contributed by atoms with Crippen LogP contribution in [0.5, 0.6) is 0 Å². The number of rotatable bonds is 4. The molecule has 0 spiro atoms. The van der Waals surface area contributed by atoms with Crippen LogP contribution in [-0.4, -0.2) is 49.7 Å². The monoisotopic (exact) mass is 390 g/mol. The third-order valence-corrected chi connectivity index (χ3v) is 6.28. The number of hydrogen-bond donors (Lipinski definition) is 1. The van der Waals surface area contributed by atoms with Gasteiger partial charge in [-0.15, -0.1) is 11.3 Å². The lowest BCUT2D eigenvalue weighted by Gasteiger charge is -2.32. The number of carboxylic acid groups (broad SMARTS) is 1. The Morgan fingerprint density at radius 2 is 1.96 bits per heavy atom. The Balaban J connectivity index is 1.58. The van der Waals surface area contributed by atoms with Crippen molar-refractivity contribution in [1.82, 2.24) is 19.7 Å². The molecule has 1 fully saturated rings. The minimum absolute atomic E-state index is 0.000733. The molecule has 3 rings (SSSR count). The first-order valence-corrected chi connectivity index (χ1v) is 10.0. The van der Waals surface area contributed by atoms with Gasteiger partial charge in [0.1, 0.15) is 5.56 Å². The Labute approximate surface area is 163 Å².